The van der Waals surface area contributed by atoms with Crippen LogP contribution in [0.4, 0.5) is 5.69 Å². The average molecular weight is 314 g/mol. The molecule has 0 saturated carbocycles. The molecule has 100 valence electrons. The van der Waals surface area contributed by atoms with Gasteiger partial charge < -0.3 is 14.7 Å². The Kier molecular flexibility index (Phi) is 4.65. The molecule has 1 saturated heterocycles. The van der Waals surface area contributed by atoms with Gasteiger partial charge in [-0.15, -0.1) is 0 Å². The van der Waals surface area contributed by atoms with Gasteiger partial charge in [-0.05, 0) is 31.0 Å². The van der Waals surface area contributed by atoms with Crippen LogP contribution in [0.2, 0.25) is 0 Å². The van der Waals surface area contributed by atoms with Crippen LogP contribution in [0, 0.1) is 5.92 Å². The summed E-state index contributed by atoms with van der Waals surface area (Å²) >= 11 is 3.53. The van der Waals surface area contributed by atoms with E-state index in [1.165, 1.54) is 12.1 Å². The number of ether oxygens (including phenoxy) is 1. The van der Waals surface area contributed by atoms with Crippen molar-refractivity contribution >= 4 is 21.6 Å². The maximum atomic E-state index is 9.61. The van der Waals surface area contributed by atoms with Crippen molar-refractivity contribution in [3.05, 3.63) is 28.2 Å². The second kappa shape index (κ2) is 6.04. The van der Waals surface area contributed by atoms with E-state index in [0.717, 1.165) is 29.7 Å². The fourth-order valence-corrected chi connectivity index (χ4v) is 3.19. The normalized spacial score (nSPS) is 21.3. The summed E-state index contributed by atoms with van der Waals surface area (Å²) in [6, 6.07) is 6.17. The third-order valence-electron chi connectivity index (χ3n) is 3.49. The van der Waals surface area contributed by atoms with Crippen molar-refractivity contribution in [2.24, 2.45) is 5.92 Å². The molecule has 1 aliphatic rings. The van der Waals surface area contributed by atoms with Crippen molar-refractivity contribution < 1.29 is 9.84 Å². The number of anilines is 1. The molecule has 2 rings (SSSR count). The summed E-state index contributed by atoms with van der Waals surface area (Å²) < 4.78 is 6.19. The lowest BCUT2D eigenvalue weighted by Gasteiger charge is -2.20. The molecule has 0 aromatic heterocycles. The SMILES string of the molecule is COCC1CCN(c2ccc([C@@H](C)O)c(Br)c2)C1. The summed E-state index contributed by atoms with van der Waals surface area (Å²) in [5.74, 6) is 0.630. The molecule has 1 N–H and O–H groups in total. The topological polar surface area (TPSA) is 32.7 Å². The fourth-order valence-electron chi connectivity index (χ4n) is 2.49. The van der Waals surface area contributed by atoms with E-state index in [9.17, 15) is 5.11 Å². The highest BCUT2D eigenvalue weighted by Crippen LogP contribution is 2.30. The van der Waals surface area contributed by atoms with Gasteiger partial charge in [0.25, 0.3) is 0 Å². The maximum absolute atomic E-state index is 9.61. The second-order valence-electron chi connectivity index (χ2n) is 4.94. The third-order valence-corrected chi connectivity index (χ3v) is 4.17. The quantitative estimate of drug-likeness (QED) is 0.927. The summed E-state index contributed by atoms with van der Waals surface area (Å²) in [5, 5.41) is 9.61. The molecule has 1 fully saturated rings. The van der Waals surface area contributed by atoms with Crippen molar-refractivity contribution in [1.29, 1.82) is 0 Å². The summed E-state index contributed by atoms with van der Waals surface area (Å²) in [5.41, 5.74) is 2.15. The van der Waals surface area contributed by atoms with Crippen LogP contribution < -0.4 is 4.90 Å². The number of aliphatic hydroxyl groups excluding tert-OH is 1. The van der Waals surface area contributed by atoms with Gasteiger partial charge in [-0.2, -0.15) is 0 Å². The smallest absolute Gasteiger partial charge is 0.0772 e. The Morgan fingerprint density at radius 1 is 1.56 bits per heavy atom. The molecule has 1 aromatic rings. The summed E-state index contributed by atoms with van der Waals surface area (Å²) in [7, 11) is 1.76. The molecule has 0 spiro atoms. The number of methoxy groups -OCH3 is 1. The van der Waals surface area contributed by atoms with Gasteiger partial charge in [0.1, 0.15) is 0 Å². The lowest BCUT2D eigenvalue weighted by Crippen LogP contribution is -2.21. The van der Waals surface area contributed by atoms with Crippen molar-refractivity contribution in [1.82, 2.24) is 0 Å². The minimum Gasteiger partial charge on any atom is -0.389 e. The first-order chi connectivity index (χ1) is 8.61. The van der Waals surface area contributed by atoms with Crippen LogP contribution >= 0.6 is 15.9 Å². The first kappa shape index (κ1) is 13.8. The molecule has 1 heterocycles. The monoisotopic (exact) mass is 313 g/mol. The van der Waals surface area contributed by atoms with Crippen LogP contribution in [0.1, 0.15) is 25.0 Å². The predicted octanol–water partition coefficient (Wildman–Crippen LogP) is 2.98. The molecule has 1 aliphatic heterocycles. The molecule has 0 bridgehead atoms. The number of hydrogen-bond donors (Lipinski definition) is 1. The Bertz CT molecular complexity index is 409. The van der Waals surface area contributed by atoms with Crippen molar-refractivity contribution in [2.45, 2.75) is 19.4 Å². The highest BCUT2D eigenvalue weighted by molar-refractivity contribution is 9.10. The van der Waals surface area contributed by atoms with Gasteiger partial charge in [0.2, 0.25) is 0 Å². The van der Waals surface area contributed by atoms with Crippen LogP contribution in [0.3, 0.4) is 0 Å². The zero-order chi connectivity index (χ0) is 13.1. The molecular formula is C14H20BrNO2. The number of halogens is 1. The minimum absolute atomic E-state index is 0.437. The van der Waals surface area contributed by atoms with Crippen molar-refractivity contribution in [3.8, 4) is 0 Å². The third kappa shape index (κ3) is 3.05. The summed E-state index contributed by atoms with van der Waals surface area (Å²) in [6.45, 7) is 4.75. The molecule has 2 atom stereocenters. The maximum Gasteiger partial charge on any atom is 0.0772 e. The van der Waals surface area contributed by atoms with E-state index in [1.807, 2.05) is 6.07 Å². The van der Waals surface area contributed by atoms with E-state index >= 15 is 0 Å². The molecule has 3 nitrogen and oxygen atoms in total. The van der Waals surface area contributed by atoms with Crippen LogP contribution in [0.25, 0.3) is 0 Å². The van der Waals surface area contributed by atoms with Gasteiger partial charge >= 0.3 is 0 Å². The van der Waals surface area contributed by atoms with Gasteiger partial charge in [-0.1, -0.05) is 22.0 Å². The van der Waals surface area contributed by atoms with E-state index < -0.39 is 6.10 Å². The summed E-state index contributed by atoms with van der Waals surface area (Å²) in [4.78, 5) is 2.38. The molecule has 1 unspecified atom stereocenters. The molecule has 0 aliphatic carbocycles. The van der Waals surface area contributed by atoms with E-state index in [4.69, 9.17) is 4.74 Å². The molecule has 0 radical (unpaired) electrons. The molecule has 18 heavy (non-hydrogen) atoms. The zero-order valence-electron chi connectivity index (χ0n) is 10.9. The molecule has 4 heteroatoms. The average Bonchev–Trinajstić information content (AvgIpc) is 2.77. The zero-order valence-corrected chi connectivity index (χ0v) is 12.5. The van der Waals surface area contributed by atoms with E-state index in [-0.39, 0.29) is 0 Å². The van der Waals surface area contributed by atoms with Crippen LogP contribution in [-0.4, -0.2) is 31.9 Å². The largest absolute Gasteiger partial charge is 0.389 e. The predicted molar refractivity (Wildman–Crippen MR) is 77.0 cm³/mol. The van der Waals surface area contributed by atoms with Gasteiger partial charge in [0.05, 0.1) is 12.7 Å². The van der Waals surface area contributed by atoms with Crippen molar-refractivity contribution in [3.63, 3.8) is 0 Å². The van der Waals surface area contributed by atoms with Crippen LogP contribution in [0.15, 0.2) is 22.7 Å². The lowest BCUT2D eigenvalue weighted by molar-refractivity contribution is 0.161. The standard InChI is InChI=1S/C14H20BrNO2/c1-10(17)13-4-3-12(7-14(13)15)16-6-5-11(8-16)9-18-2/h3-4,7,10-11,17H,5-6,8-9H2,1-2H3/t10-,11?/m1/s1. The second-order valence-corrected chi connectivity index (χ2v) is 5.79. The fraction of sp³-hybridized carbons (Fsp3) is 0.571. The molecule has 1 aromatic carbocycles. The Balaban J connectivity index is 2.09. The Labute approximate surface area is 117 Å². The number of hydrogen-bond acceptors (Lipinski definition) is 3. The van der Waals surface area contributed by atoms with E-state index in [2.05, 4.69) is 33.0 Å². The van der Waals surface area contributed by atoms with Gasteiger partial charge in [0.15, 0.2) is 0 Å². The number of aliphatic hydroxyl groups is 1. The summed E-state index contributed by atoms with van der Waals surface area (Å²) in [6.07, 6.45) is 0.747. The molecule has 0 amide bonds. The highest BCUT2D eigenvalue weighted by Gasteiger charge is 2.23. The van der Waals surface area contributed by atoms with Gasteiger partial charge in [-0.25, -0.2) is 0 Å². The Morgan fingerprint density at radius 2 is 2.33 bits per heavy atom. The van der Waals surface area contributed by atoms with E-state index in [1.54, 1.807) is 14.0 Å². The Morgan fingerprint density at radius 3 is 2.94 bits per heavy atom. The van der Waals surface area contributed by atoms with E-state index in [0.29, 0.717) is 5.92 Å². The highest BCUT2D eigenvalue weighted by atomic mass is 79.9. The van der Waals surface area contributed by atoms with Crippen molar-refractivity contribution in [2.75, 3.05) is 31.7 Å². The van der Waals surface area contributed by atoms with Crippen LogP contribution in [0.5, 0.6) is 0 Å². The number of rotatable bonds is 4. The minimum atomic E-state index is -0.437. The number of nitrogens with zero attached hydrogens (tertiary/aromatic N) is 1. The first-order valence-corrected chi connectivity index (χ1v) is 7.12. The van der Waals surface area contributed by atoms with Gasteiger partial charge in [-0.3, -0.25) is 0 Å². The number of benzene rings is 1. The van der Waals surface area contributed by atoms with Gasteiger partial charge in [0, 0.05) is 36.3 Å². The lowest BCUT2D eigenvalue weighted by atomic mass is 10.1. The molecular weight excluding hydrogens is 294 g/mol. The first-order valence-electron chi connectivity index (χ1n) is 6.33. The van der Waals surface area contributed by atoms with Crippen LogP contribution in [-0.2, 0) is 4.74 Å². The Hall–Kier alpha value is -0.580.